The maximum Gasteiger partial charge on any atom is 0.341 e. The Morgan fingerprint density at radius 1 is 1.33 bits per heavy atom. The number of aryl methyl sites for hydroxylation is 1. The first kappa shape index (κ1) is 22.6. The van der Waals surface area contributed by atoms with Crippen LogP contribution < -0.4 is 10.1 Å². The van der Waals surface area contributed by atoms with E-state index in [0.717, 1.165) is 36.8 Å². The van der Waals surface area contributed by atoms with Crippen LogP contribution in [0.3, 0.4) is 0 Å². The lowest BCUT2D eigenvalue weighted by atomic mass is 9.85. The van der Waals surface area contributed by atoms with Gasteiger partial charge in [0, 0.05) is 9.90 Å². The van der Waals surface area contributed by atoms with Gasteiger partial charge in [-0.15, -0.1) is 11.3 Å². The van der Waals surface area contributed by atoms with E-state index in [1.165, 1.54) is 16.2 Å². The molecule has 1 amide bonds. The van der Waals surface area contributed by atoms with Gasteiger partial charge in [0.15, 0.2) is 6.10 Å². The van der Waals surface area contributed by atoms with Gasteiger partial charge in [-0.1, -0.05) is 24.9 Å². The lowest BCUT2D eigenvalue weighted by molar-refractivity contribution is -0.122. The highest BCUT2D eigenvalue weighted by Gasteiger charge is 2.30. The fraction of sp³-hybridized carbons (Fsp3) is 0.478. The normalized spacial score (nSPS) is 16.5. The van der Waals surface area contributed by atoms with E-state index in [4.69, 9.17) is 21.1 Å². The van der Waals surface area contributed by atoms with Crippen molar-refractivity contribution in [1.82, 2.24) is 0 Å². The number of rotatable bonds is 7. The predicted octanol–water partition coefficient (Wildman–Crippen LogP) is 5.81. The Labute approximate surface area is 186 Å². The molecule has 3 rings (SSSR count). The Hall–Kier alpha value is -2.05. The summed E-state index contributed by atoms with van der Waals surface area (Å²) in [6.45, 7) is 7.84. The minimum Gasteiger partial charge on any atom is -0.481 e. The van der Waals surface area contributed by atoms with Crippen LogP contribution in [0.25, 0.3) is 0 Å². The zero-order valence-corrected chi connectivity index (χ0v) is 19.4. The summed E-state index contributed by atoms with van der Waals surface area (Å²) in [5.41, 5.74) is 2.39. The standard InChI is InChI=1S/C23H28ClNO4S/c1-5-15-7-9-17-19(12-15)30-22(20(17)23(27)28-6-2)25-21(26)14(4)29-18-10-8-16(24)11-13(18)3/h8,10-11,14-15H,5-7,9,12H2,1-4H3,(H,25,26)/t14-,15-/m0/s1. The van der Waals surface area contributed by atoms with Crippen molar-refractivity contribution in [3.8, 4) is 5.75 Å². The van der Waals surface area contributed by atoms with Gasteiger partial charge in [0.2, 0.25) is 0 Å². The van der Waals surface area contributed by atoms with Crippen LogP contribution in [0.5, 0.6) is 5.75 Å². The second kappa shape index (κ2) is 9.84. The third-order valence-corrected chi connectivity index (χ3v) is 6.88. The number of ether oxygens (including phenoxy) is 2. The number of thiophene rings is 1. The van der Waals surface area contributed by atoms with Crippen molar-refractivity contribution in [2.24, 2.45) is 5.92 Å². The molecule has 2 atom stereocenters. The topological polar surface area (TPSA) is 64.6 Å². The molecule has 7 heteroatoms. The highest BCUT2D eigenvalue weighted by atomic mass is 35.5. The number of anilines is 1. The maximum absolute atomic E-state index is 12.9. The molecule has 0 saturated heterocycles. The van der Waals surface area contributed by atoms with Crippen LogP contribution in [0.1, 0.15) is 60.0 Å². The van der Waals surface area contributed by atoms with E-state index in [2.05, 4.69) is 12.2 Å². The molecule has 0 saturated carbocycles. The average molecular weight is 450 g/mol. The number of fused-ring (bicyclic) bond motifs is 1. The fourth-order valence-corrected chi connectivity index (χ4v) is 5.29. The summed E-state index contributed by atoms with van der Waals surface area (Å²) < 4.78 is 11.1. The van der Waals surface area contributed by atoms with Crippen LogP contribution in [-0.2, 0) is 22.4 Å². The van der Waals surface area contributed by atoms with Gasteiger partial charge >= 0.3 is 5.97 Å². The van der Waals surface area contributed by atoms with Gasteiger partial charge in [0.1, 0.15) is 10.8 Å². The van der Waals surface area contributed by atoms with Crippen molar-refractivity contribution in [3.05, 3.63) is 44.8 Å². The van der Waals surface area contributed by atoms with Gasteiger partial charge in [-0.2, -0.15) is 0 Å². The van der Waals surface area contributed by atoms with Crippen LogP contribution in [0.15, 0.2) is 18.2 Å². The minimum atomic E-state index is -0.734. The molecule has 0 unspecified atom stereocenters. The lowest BCUT2D eigenvalue weighted by Gasteiger charge is -2.21. The molecule has 0 aliphatic heterocycles. The molecule has 30 heavy (non-hydrogen) atoms. The summed E-state index contributed by atoms with van der Waals surface area (Å²) >= 11 is 7.48. The first-order valence-electron chi connectivity index (χ1n) is 10.4. The van der Waals surface area contributed by atoms with Crippen LogP contribution in [0, 0.1) is 12.8 Å². The number of nitrogens with one attached hydrogen (secondary N) is 1. The monoisotopic (exact) mass is 449 g/mol. The second-order valence-corrected chi connectivity index (χ2v) is 9.15. The number of amides is 1. The third-order valence-electron chi connectivity index (χ3n) is 5.47. The maximum atomic E-state index is 12.9. The van der Waals surface area contributed by atoms with Gasteiger partial charge in [0.25, 0.3) is 5.91 Å². The molecule has 1 heterocycles. The Kier molecular flexibility index (Phi) is 7.42. The van der Waals surface area contributed by atoms with Crippen molar-refractivity contribution in [3.63, 3.8) is 0 Å². The molecule has 0 spiro atoms. The van der Waals surface area contributed by atoms with E-state index < -0.39 is 6.10 Å². The molecule has 1 aliphatic carbocycles. The van der Waals surface area contributed by atoms with Gasteiger partial charge in [-0.05, 0) is 75.3 Å². The number of benzene rings is 1. The quantitative estimate of drug-likeness (QED) is 0.542. The third kappa shape index (κ3) is 4.98. The molecule has 1 N–H and O–H groups in total. The smallest absolute Gasteiger partial charge is 0.341 e. The van der Waals surface area contributed by atoms with Gasteiger partial charge in [0.05, 0.1) is 12.2 Å². The number of carbonyl (C=O) groups excluding carboxylic acids is 2. The van der Waals surface area contributed by atoms with Gasteiger partial charge in [-0.3, -0.25) is 4.79 Å². The van der Waals surface area contributed by atoms with E-state index in [1.807, 2.05) is 6.92 Å². The Balaban J connectivity index is 1.81. The zero-order chi connectivity index (χ0) is 21.8. The molecular formula is C23H28ClNO4S. The first-order chi connectivity index (χ1) is 14.3. The van der Waals surface area contributed by atoms with Crippen molar-refractivity contribution in [1.29, 1.82) is 0 Å². The largest absolute Gasteiger partial charge is 0.481 e. The summed E-state index contributed by atoms with van der Waals surface area (Å²) in [5, 5.41) is 4.09. The van der Waals surface area contributed by atoms with Gasteiger partial charge in [-0.25, -0.2) is 4.79 Å². The summed E-state index contributed by atoms with van der Waals surface area (Å²) in [7, 11) is 0. The van der Waals surface area contributed by atoms with Gasteiger partial charge < -0.3 is 14.8 Å². The number of esters is 1. The summed E-state index contributed by atoms with van der Waals surface area (Å²) in [6, 6.07) is 5.27. The van der Waals surface area contributed by atoms with E-state index >= 15 is 0 Å². The minimum absolute atomic E-state index is 0.295. The van der Waals surface area contributed by atoms with E-state index in [0.29, 0.717) is 33.9 Å². The van der Waals surface area contributed by atoms with E-state index in [9.17, 15) is 9.59 Å². The fourth-order valence-electron chi connectivity index (χ4n) is 3.71. The first-order valence-corrected chi connectivity index (χ1v) is 11.6. The summed E-state index contributed by atoms with van der Waals surface area (Å²) in [4.78, 5) is 26.7. The Morgan fingerprint density at radius 2 is 2.10 bits per heavy atom. The molecule has 0 bridgehead atoms. The van der Waals surface area contributed by atoms with Crippen LogP contribution in [-0.4, -0.2) is 24.6 Å². The highest BCUT2D eigenvalue weighted by molar-refractivity contribution is 7.17. The molecule has 1 aromatic heterocycles. The zero-order valence-electron chi connectivity index (χ0n) is 17.8. The molecule has 162 valence electrons. The van der Waals surface area contributed by atoms with E-state index in [-0.39, 0.29) is 11.9 Å². The molecule has 2 aromatic rings. The Bertz CT molecular complexity index is 940. The number of carbonyl (C=O) groups is 2. The SMILES string of the molecule is CCOC(=O)c1c(NC(=O)[C@H](C)Oc2ccc(Cl)cc2C)sc2c1CC[C@H](CC)C2. The van der Waals surface area contributed by atoms with Crippen molar-refractivity contribution in [2.45, 2.75) is 59.5 Å². The molecule has 5 nitrogen and oxygen atoms in total. The lowest BCUT2D eigenvalue weighted by Crippen LogP contribution is -2.30. The molecule has 1 aliphatic rings. The van der Waals surface area contributed by atoms with E-state index in [1.54, 1.807) is 32.0 Å². The molecule has 0 fully saturated rings. The van der Waals surface area contributed by atoms with Crippen molar-refractivity contribution < 1.29 is 19.1 Å². The predicted molar refractivity (Wildman–Crippen MR) is 121 cm³/mol. The van der Waals surface area contributed by atoms with Crippen LogP contribution in [0.2, 0.25) is 5.02 Å². The molecular weight excluding hydrogens is 422 g/mol. The van der Waals surface area contributed by atoms with Crippen LogP contribution in [0.4, 0.5) is 5.00 Å². The average Bonchev–Trinajstić information content (AvgIpc) is 3.06. The second-order valence-electron chi connectivity index (χ2n) is 7.60. The molecule has 0 radical (unpaired) electrons. The number of halogens is 1. The number of hydrogen-bond acceptors (Lipinski definition) is 5. The Morgan fingerprint density at radius 3 is 2.77 bits per heavy atom. The molecule has 1 aromatic carbocycles. The summed E-state index contributed by atoms with van der Waals surface area (Å²) in [6.07, 6.45) is 3.20. The van der Waals surface area contributed by atoms with Crippen LogP contribution >= 0.6 is 22.9 Å². The van der Waals surface area contributed by atoms with Crippen molar-refractivity contribution in [2.75, 3.05) is 11.9 Å². The highest BCUT2D eigenvalue weighted by Crippen LogP contribution is 2.41. The number of hydrogen-bond donors (Lipinski definition) is 1. The van der Waals surface area contributed by atoms with Crippen molar-refractivity contribution >= 4 is 39.8 Å². The summed E-state index contributed by atoms with van der Waals surface area (Å²) in [5.74, 6) is 0.539.